The Kier molecular flexibility index (Phi) is 9.59. The average Bonchev–Trinajstić information content (AvgIpc) is 3.39. The first kappa shape index (κ1) is 31.9. The number of ether oxygens (including phenoxy) is 3. The van der Waals surface area contributed by atoms with Crippen LogP contribution in [0.5, 0.6) is 11.5 Å². The largest absolute Gasteiger partial charge is 0.493 e. The summed E-state index contributed by atoms with van der Waals surface area (Å²) >= 11 is 0. The molecular formula is C36H49N3O5. The molecule has 2 aliphatic rings. The summed E-state index contributed by atoms with van der Waals surface area (Å²) in [6, 6.07) is 12.9. The van der Waals surface area contributed by atoms with Crippen LogP contribution in [0.15, 0.2) is 36.4 Å². The number of esters is 1. The van der Waals surface area contributed by atoms with Gasteiger partial charge in [0, 0.05) is 36.1 Å². The molecule has 44 heavy (non-hydrogen) atoms. The number of hydrogen-bond donors (Lipinski definition) is 1. The van der Waals surface area contributed by atoms with E-state index < -0.39 is 5.60 Å². The summed E-state index contributed by atoms with van der Waals surface area (Å²) in [4.78, 5) is 33.7. The van der Waals surface area contributed by atoms with Crippen LogP contribution in [0.4, 0.5) is 0 Å². The maximum absolute atomic E-state index is 13.3. The monoisotopic (exact) mass is 603 g/mol. The number of hydrogen-bond acceptors (Lipinski definition) is 6. The van der Waals surface area contributed by atoms with Crippen molar-refractivity contribution in [1.29, 1.82) is 0 Å². The van der Waals surface area contributed by atoms with E-state index in [0.717, 1.165) is 62.1 Å². The van der Waals surface area contributed by atoms with Crippen LogP contribution in [0, 0.1) is 5.92 Å². The number of H-pyrrole nitrogens is 1. The fourth-order valence-electron chi connectivity index (χ4n) is 6.83. The van der Waals surface area contributed by atoms with E-state index in [1.54, 1.807) is 14.2 Å². The lowest BCUT2D eigenvalue weighted by Gasteiger charge is -2.36. The molecule has 2 saturated heterocycles. The number of carbonyl (C=O) groups is 2. The Balaban J connectivity index is 1.24. The standard InChI is InChI=1S/C36H49N3O5/c1-23(2)33-28-19-25(10-12-29(28)37-34(33)26-11-13-30(42-6)31(20-26)43-7)24-14-17-39(18-15-24)32(40)22-38-16-8-9-27(21-38)35(41)44-36(3,4)5/h10-13,19-20,23-24,27,37H,8-9,14-18,21-22H2,1-7H3/t27-/m0/s1. The van der Waals surface area contributed by atoms with Crippen LogP contribution in [0.1, 0.15) is 83.3 Å². The van der Waals surface area contributed by atoms with Crippen molar-refractivity contribution in [2.24, 2.45) is 5.92 Å². The molecular weight excluding hydrogens is 554 g/mol. The first-order valence-corrected chi connectivity index (χ1v) is 16.1. The fourth-order valence-corrected chi connectivity index (χ4v) is 6.83. The number of nitrogens with zero attached hydrogens (tertiary/aromatic N) is 2. The Hall–Kier alpha value is -3.52. The molecule has 1 aromatic heterocycles. The summed E-state index contributed by atoms with van der Waals surface area (Å²) in [6.45, 7) is 13.5. The van der Waals surface area contributed by atoms with Gasteiger partial charge in [-0.1, -0.05) is 19.9 Å². The molecule has 1 amide bonds. The van der Waals surface area contributed by atoms with E-state index in [-0.39, 0.29) is 17.8 Å². The molecule has 2 fully saturated rings. The van der Waals surface area contributed by atoms with Crippen LogP contribution < -0.4 is 9.47 Å². The van der Waals surface area contributed by atoms with Gasteiger partial charge in [0.05, 0.1) is 32.4 Å². The van der Waals surface area contributed by atoms with Crippen molar-refractivity contribution in [1.82, 2.24) is 14.8 Å². The number of aromatic nitrogens is 1. The van der Waals surface area contributed by atoms with Crippen LogP contribution in [-0.2, 0) is 14.3 Å². The summed E-state index contributed by atoms with van der Waals surface area (Å²) in [5, 5.41) is 1.26. The number of benzene rings is 2. The van der Waals surface area contributed by atoms with Gasteiger partial charge in [-0.3, -0.25) is 14.5 Å². The van der Waals surface area contributed by atoms with Gasteiger partial charge in [0.25, 0.3) is 0 Å². The second kappa shape index (κ2) is 13.2. The molecule has 3 aromatic rings. The van der Waals surface area contributed by atoms with E-state index >= 15 is 0 Å². The third-order valence-electron chi connectivity index (χ3n) is 9.04. The third-order valence-corrected chi connectivity index (χ3v) is 9.04. The van der Waals surface area contributed by atoms with Crippen molar-refractivity contribution in [3.63, 3.8) is 0 Å². The topological polar surface area (TPSA) is 84.1 Å². The van der Waals surface area contributed by atoms with Crippen molar-refractivity contribution in [3.8, 4) is 22.8 Å². The van der Waals surface area contributed by atoms with Crippen molar-refractivity contribution in [2.45, 2.75) is 77.7 Å². The van der Waals surface area contributed by atoms with Gasteiger partial charge in [-0.25, -0.2) is 0 Å². The Labute approximate surface area is 262 Å². The zero-order valence-corrected chi connectivity index (χ0v) is 27.5. The quantitative estimate of drug-likeness (QED) is 0.287. The first-order valence-electron chi connectivity index (χ1n) is 16.1. The number of piperidine rings is 2. The molecule has 1 atom stereocenters. The highest BCUT2D eigenvalue weighted by atomic mass is 16.6. The first-order chi connectivity index (χ1) is 21.0. The number of amides is 1. The van der Waals surface area contributed by atoms with Crippen LogP contribution >= 0.6 is 0 Å². The Morgan fingerprint density at radius 1 is 0.955 bits per heavy atom. The van der Waals surface area contributed by atoms with Crippen molar-refractivity contribution in [3.05, 3.63) is 47.5 Å². The molecule has 5 rings (SSSR count). The van der Waals surface area contributed by atoms with Crippen molar-refractivity contribution < 1.29 is 23.8 Å². The predicted octanol–water partition coefficient (Wildman–Crippen LogP) is 6.74. The minimum Gasteiger partial charge on any atom is -0.493 e. The van der Waals surface area contributed by atoms with Crippen molar-refractivity contribution in [2.75, 3.05) is 46.9 Å². The van der Waals surface area contributed by atoms with Crippen molar-refractivity contribution >= 4 is 22.8 Å². The maximum atomic E-state index is 13.3. The molecule has 8 nitrogen and oxygen atoms in total. The number of rotatable bonds is 8. The van der Waals surface area contributed by atoms with E-state index in [1.165, 1.54) is 16.5 Å². The molecule has 8 heteroatoms. The third kappa shape index (κ3) is 7.06. The van der Waals surface area contributed by atoms with Gasteiger partial charge in [-0.05, 0) is 106 Å². The average molecular weight is 604 g/mol. The van der Waals surface area contributed by atoms with E-state index in [4.69, 9.17) is 14.2 Å². The molecule has 3 heterocycles. The number of carbonyl (C=O) groups excluding carboxylic acids is 2. The summed E-state index contributed by atoms with van der Waals surface area (Å²) in [5.41, 5.74) is 5.45. The molecule has 0 bridgehead atoms. The zero-order valence-electron chi connectivity index (χ0n) is 27.5. The van der Waals surface area contributed by atoms with Crippen LogP contribution in [0.2, 0.25) is 0 Å². The highest BCUT2D eigenvalue weighted by molar-refractivity contribution is 5.92. The van der Waals surface area contributed by atoms with Gasteiger partial charge in [-0.2, -0.15) is 0 Å². The zero-order chi connectivity index (χ0) is 31.6. The fraction of sp³-hybridized carbons (Fsp3) is 0.556. The highest BCUT2D eigenvalue weighted by Crippen LogP contribution is 2.40. The normalized spacial score (nSPS) is 18.5. The number of nitrogens with one attached hydrogen (secondary N) is 1. The smallest absolute Gasteiger partial charge is 0.310 e. The predicted molar refractivity (Wildman–Crippen MR) is 174 cm³/mol. The van der Waals surface area contributed by atoms with Gasteiger partial charge >= 0.3 is 5.97 Å². The van der Waals surface area contributed by atoms with E-state index in [0.29, 0.717) is 36.4 Å². The van der Waals surface area contributed by atoms with Gasteiger partial charge in [0.2, 0.25) is 5.91 Å². The Bertz CT molecular complexity index is 1480. The molecule has 0 unspecified atom stereocenters. The second-order valence-electron chi connectivity index (χ2n) is 13.7. The SMILES string of the molecule is COc1ccc(-c2[nH]c3ccc(C4CCN(C(=O)CN5CCC[C@H](C(=O)OC(C)(C)C)C5)CC4)cc3c2C(C)C)cc1OC. The minimum absolute atomic E-state index is 0.147. The molecule has 0 spiro atoms. The van der Waals surface area contributed by atoms with E-state index in [1.807, 2.05) is 37.8 Å². The summed E-state index contributed by atoms with van der Waals surface area (Å²) < 4.78 is 16.7. The van der Waals surface area contributed by atoms with Crippen LogP contribution in [0.3, 0.4) is 0 Å². The number of likely N-dealkylation sites (tertiary alicyclic amines) is 2. The summed E-state index contributed by atoms with van der Waals surface area (Å²) in [7, 11) is 3.32. The van der Waals surface area contributed by atoms with Crippen LogP contribution in [0.25, 0.3) is 22.2 Å². The number of methoxy groups -OCH3 is 2. The molecule has 238 valence electrons. The molecule has 0 aliphatic carbocycles. The van der Waals surface area contributed by atoms with Gasteiger partial charge in [0.15, 0.2) is 11.5 Å². The second-order valence-corrected chi connectivity index (χ2v) is 13.7. The van der Waals surface area contributed by atoms with E-state index in [2.05, 4.69) is 48.0 Å². The molecule has 2 aromatic carbocycles. The molecule has 1 N–H and O–H groups in total. The molecule has 2 aliphatic heterocycles. The maximum Gasteiger partial charge on any atom is 0.310 e. The lowest BCUT2D eigenvalue weighted by atomic mass is 9.87. The Morgan fingerprint density at radius 3 is 2.34 bits per heavy atom. The minimum atomic E-state index is -0.492. The van der Waals surface area contributed by atoms with Crippen LogP contribution in [-0.4, -0.2) is 79.2 Å². The number of fused-ring (bicyclic) bond motifs is 1. The molecule has 0 saturated carbocycles. The van der Waals surface area contributed by atoms with Gasteiger partial charge in [0.1, 0.15) is 5.60 Å². The van der Waals surface area contributed by atoms with Gasteiger partial charge < -0.3 is 24.1 Å². The lowest BCUT2D eigenvalue weighted by Crippen LogP contribution is -2.48. The van der Waals surface area contributed by atoms with E-state index in [9.17, 15) is 9.59 Å². The summed E-state index contributed by atoms with van der Waals surface area (Å²) in [5.74, 6) is 2.02. The summed E-state index contributed by atoms with van der Waals surface area (Å²) in [6.07, 6.45) is 3.63. The lowest BCUT2D eigenvalue weighted by molar-refractivity contribution is -0.162. The van der Waals surface area contributed by atoms with Gasteiger partial charge in [-0.15, -0.1) is 0 Å². The Morgan fingerprint density at radius 2 is 1.68 bits per heavy atom. The number of aromatic amines is 1. The highest BCUT2D eigenvalue weighted by Gasteiger charge is 2.32. The molecule has 0 radical (unpaired) electrons.